The quantitative estimate of drug-likeness (QED) is 0.668. The molecule has 0 fully saturated rings. The van der Waals surface area contributed by atoms with Gasteiger partial charge in [-0.1, -0.05) is 29.8 Å². The molecule has 1 amide bonds. The lowest BCUT2D eigenvalue weighted by molar-refractivity contribution is 0.0947. The Labute approximate surface area is 112 Å². The van der Waals surface area contributed by atoms with Crippen LogP contribution in [0.5, 0.6) is 0 Å². The number of carbonyl (C=O) groups is 1. The van der Waals surface area contributed by atoms with E-state index >= 15 is 0 Å². The van der Waals surface area contributed by atoms with E-state index in [1.165, 1.54) is 0 Å². The van der Waals surface area contributed by atoms with Crippen LogP contribution in [0.3, 0.4) is 0 Å². The van der Waals surface area contributed by atoms with E-state index in [-0.39, 0.29) is 17.3 Å². The van der Waals surface area contributed by atoms with Crippen molar-refractivity contribution in [3.8, 4) is 0 Å². The zero-order valence-corrected chi connectivity index (χ0v) is 11.5. The van der Waals surface area contributed by atoms with Crippen LogP contribution < -0.4 is 5.32 Å². The number of rotatable bonds is 4. The number of benzene rings is 1. The third-order valence-corrected chi connectivity index (χ3v) is 3.84. The zero-order chi connectivity index (χ0) is 13.9. The summed E-state index contributed by atoms with van der Waals surface area (Å²) >= 11 is 3.35. The highest BCUT2D eigenvalue weighted by atomic mass is 79.9. The van der Waals surface area contributed by atoms with Gasteiger partial charge in [0.15, 0.2) is 17.5 Å². The molecule has 1 atom stereocenters. The second-order valence-corrected chi connectivity index (χ2v) is 5.37. The summed E-state index contributed by atoms with van der Waals surface area (Å²) in [5.41, 5.74) is -0.502. The summed E-state index contributed by atoms with van der Waals surface area (Å²) in [6.07, 6.45) is 0. The number of halogens is 4. The first kappa shape index (κ1) is 15.0. The molecule has 2 nitrogen and oxygen atoms in total. The molecule has 1 N–H and O–H groups in total. The predicted molar refractivity (Wildman–Crippen MR) is 66.2 cm³/mol. The van der Waals surface area contributed by atoms with Crippen LogP contribution in [0.2, 0.25) is 0 Å². The van der Waals surface area contributed by atoms with Gasteiger partial charge in [0.1, 0.15) is 0 Å². The number of hydrogen-bond donors (Lipinski definition) is 1. The Balaban J connectivity index is 2.77. The van der Waals surface area contributed by atoms with Crippen LogP contribution in [0, 0.1) is 23.4 Å². The van der Waals surface area contributed by atoms with E-state index in [1.54, 1.807) is 0 Å². The molecule has 100 valence electrons. The van der Waals surface area contributed by atoms with Gasteiger partial charge in [-0.25, -0.2) is 13.2 Å². The molecule has 0 bridgehead atoms. The van der Waals surface area contributed by atoms with Crippen LogP contribution in [0.1, 0.15) is 24.2 Å². The van der Waals surface area contributed by atoms with Gasteiger partial charge >= 0.3 is 0 Å². The summed E-state index contributed by atoms with van der Waals surface area (Å²) in [5.74, 6) is -4.91. The summed E-state index contributed by atoms with van der Waals surface area (Å²) in [5, 5.41) is 2.45. The largest absolute Gasteiger partial charge is 0.351 e. The van der Waals surface area contributed by atoms with Crippen molar-refractivity contribution in [1.29, 1.82) is 0 Å². The molecule has 1 aromatic rings. The number of alkyl halides is 1. The minimum atomic E-state index is -1.64. The highest BCUT2D eigenvalue weighted by molar-refractivity contribution is 9.09. The minimum absolute atomic E-state index is 0.0230. The van der Waals surface area contributed by atoms with Crippen LogP contribution in [0.25, 0.3) is 0 Å². The predicted octanol–water partition coefficient (Wildman–Crippen LogP) is 3.25. The van der Waals surface area contributed by atoms with Crippen LogP contribution >= 0.6 is 15.9 Å². The maximum absolute atomic E-state index is 13.3. The van der Waals surface area contributed by atoms with E-state index in [2.05, 4.69) is 21.2 Å². The molecule has 1 rings (SSSR count). The van der Waals surface area contributed by atoms with Gasteiger partial charge in [0.2, 0.25) is 0 Å². The van der Waals surface area contributed by atoms with Gasteiger partial charge in [0.05, 0.1) is 5.56 Å². The zero-order valence-electron chi connectivity index (χ0n) is 9.94. The van der Waals surface area contributed by atoms with Crippen molar-refractivity contribution in [2.24, 2.45) is 5.92 Å². The van der Waals surface area contributed by atoms with E-state index in [1.807, 2.05) is 13.8 Å². The molecule has 1 aromatic carbocycles. The molecule has 0 spiro atoms. The van der Waals surface area contributed by atoms with E-state index < -0.39 is 28.9 Å². The van der Waals surface area contributed by atoms with Crippen LogP contribution in [-0.2, 0) is 0 Å². The van der Waals surface area contributed by atoms with Gasteiger partial charge in [-0.05, 0) is 18.1 Å². The Hall–Kier alpha value is -1.04. The number of carbonyl (C=O) groups excluding carboxylic acids is 1. The first-order valence-electron chi connectivity index (χ1n) is 5.40. The number of amides is 1. The summed E-state index contributed by atoms with van der Waals surface area (Å²) in [6, 6.07) is 1.64. The van der Waals surface area contributed by atoms with E-state index in [0.717, 1.165) is 12.1 Å². The van der Waals surface area contributed by atoms with Crippen LogP contribution in [0.4, 0.5) is 13.2 Å². The molecule has 0 heterocycles. The van der Waals surface area contributed by atoms with Crippen molar-refractivity contribution >= 4 is 21.8 Å². The van der Waals surface area contributed by atoms with Gasteiger partial charge in [-0.2, -0.15) is 0 Å². The molecule has 1 unspecified atom stereocenters. The molecule has 0 aliphatic carbocycles. The normalized spacial score (nSPS) is 12.6. The number of hydrogen-bond acceptors (Lipinski definition) is 1. The molecule has 6 heteroatoms. The molecule has 0 saturated heterocycles. The fraction of sp³-hybridized carbons (Fsp3) is 0.417. The van der Waals surface area contributed by atoms with E-state index in [9.17, 15) is 18.0 Å². The van der Waals surface area contributed by atoms with Crippen molar-refractivity contribution < 1.29 is 18.0 Å². The van der Waals surface area contributed by atoms with Crippen LogP contribution in [-0.4, -0.2) is 17.3 Å². The maximum Gasteiger partial charge on any atom is 0.254 e. The third-order valence-electron chi connectivity index (χ3n) is 2.46. The van der Waals surface area contributed by atoms with Crippen molar-refractivity contribution in [3.05, 3.63) is 35.1 Å². The standard InChI is InChI=1S/C12H13BrF3NO/c1-6(2)8(13)5-17-12(18)7-3-4-9(14)11(16)10(7)15/h3-4,6,8H,5H2,1-2H3,(H,17,18). The highest BCUT2D eigenvalue weighted by Crippen LogP contribution is 2.15. The van der Waals surface area contributed by atoms with E-state index in [0.29, 0.717) is 0 Å². The molecule has 0 saturated carbocycles. The minimum Gasteiger partial charge on any atom is -0.351 e. The van der Waals surface area contributed by atoms with Crippen molar-refractivity contribution in [2.45, 2.75) is 18.7 Å². The molecule has 0 aliphatic heterocycles. The molecule has 18 heavy (non-hydrogen) atoms. The lowest BCUT2D eigenvalue weighted by Crippen LogP contribution is -2.32. The fourth-order valence-corrected chi connectivity index (χ4v) is 1.38. The van der Waals surface area contributed by atoms with Gasteiger partial charge < -0.3 is 5.32 Å². The fourth-order valence-electron chi connectivity index (χ4n) is 1.22. The molecule has 0 aliphatic rings. The Bertz CT molecular complexity index is 451. The first-order chi connectivity index (χ1) is 8.34. The lowest BCUT2D eigenvalue weighted by atomic mass is 10.1. The van der Waals surface area contributed by atoms with Crippen molar-refractivity contribution in [2.75, 3.05) is 6.54 Å². The summed E-state index contributed by atoms with van der Waals surface area (Å²) in [7, 11) is 0. The third kappa shape index (κ3) is 3.48. The van der Waals surface area contributed by atoms with Gasteiger partial charge in [0.25, 0.3) is 5.91 Å². The summed E-state index contributed by atoms with van der Waals surface area (Å²) in [4.78, 5) is 11.6. The van der Waals surface area contributed by atoms with Crippen molar-refractivity contribution in [1.82, 2.24) is 5.32 Å². The Morgan fingerprint density at radius 3 is 2.44 bits per heavy atom. The Morgan fingerprint density at radius 1 is 1.28 bits per heavy atom. The van der Waals surface area contributed by atoms with Gasteiger partial charge in [-0.15, -0.1) is 0 Å². The van der Waals surface area contributed by atoms with E-state index in [4.69, 9.17) is 0 Å². The molecule has 0 aromatic heterocycles. The average Bonchev–Trinajstić information content (AvgIpc) is 2.32. The second-order valence-electron chi connectivity index (χ2n) is 4.19. The molecular weight excluding hydrogens is 311 g/mol. The summed E-state index contributed by atoms with van der Waals surface area (Å²) in [6.45, 7) is 4.17. The van der Waals surface area contributed by atoms with Gasteiger partial charge in [0, 0.05) is 11.4 Å². The Kier molecular flexibility index (Phi) is 5.19. The smallest absolute Gasteiger partial charge is 0.254 e. The molecular formula is C12H13BrF3NO. The lowest BCUT2D eigenvalue weighted by Gasteiger charge is -2.14. The average molecular weight is 324 g/mol. The second kappa shape index (κ2) is 6.22. The van der Waals surface area contributed by atoms with Gasteiger partial charge in [-0.3, -0.25) is 4.79 Å². The SMILES string of the molecule is CC(C)C(Br)CNC(=O)c1ccc(F)c(F)c1F. The highest BCUT2D eigenvalue weighted by Gasteiger charge is 2.19. The topological polar surface area (TPSA) is 29.1 Å². The summed E-state index contributed by atoms with van der Waals surface area (Å²) < 4.78 is 38.9. The number of nitrogens with one attached hydrogen (secondary N) is 1. The first-order valence-corrected chi connectivity index (χ1v) is 6.32. The molecule has 0 radical (unpaired) electrons. The van der Waals surface area contributed by atoms with Crippen LogP contribution in [0.15, 0.2) is 12.1 Å². The monoisotopic (exact) mass is 323 g/mol. The Morgan fingerprint density at radius 2 is 1.89 bits per heavy atom. The maximum atomic E-state index is 13.3. The van der Waals surface area contributed by atoms with Crippen molar-refractivity contribution in [3.63, 3.8) is 0 Å².